The van der Waals surface area contributed by atoms with Gasteiger partial charge in [-0.15, -0.1) is 6.58 Å². The maximum atomic E-state index is 6.68. The molecule has 2 aromatic carbocycles. The van der Waals surface area contributed by atoms with Gasteiger partial charge in [-0.05, 0) is 69.0 Å². The third-order valence-electron chi connectivity index (χ3n) is 6.09. The molecule has 0 saturated carbocycles. The lowest BCUT2D eigenvalue weighted by Gasteiger charge is -2.26. The van der Waals surface area contributed by atoms with Gasteiger partial charge in [0.25, 0.3) is 0 Å². The highest BCUT2D eigenvalue weighted by atomic mass is 35.5. The molecule has 0 aliphatic rings. The second kappa shape index (κ2) is 15.0. The zero-order valence-corrected chi connectivity index (χ0v) is 23.8. The highest BCUT2D eigenvalue weighted by Gasteiger charge is 2.12. The van der Waals surface area contributed by atoms with E-state index in [-0.39, 0.29) is 6.04 Å². The first-order valence-corrected chi connectivity index (χ1v) is 13.1. The number of nitrogens with one attached hydrogen (secondary N) is 2. The SMILES string of the molecule is C=C/C(N[C@@H](C)c1ccccc1)=C(Cl)\C=C(\C)C(=C)Nc1ccc(N(CCC)CCC(=C)C)cc1OC. The molecule has 2 rings (SSSR count). The number of hydrogen-bond donors (Lipinski definition) is 2. The minimum absolute atomic E-state index is 0.0865. The molecule has 0 heterocycles. The Hall–Kier alpha value is -3.37. The standard InChI is InChI=1S/C32H42ClN3O/c1-9-19-36(20-18-23(3)4)28-16-17-31(32(22-28)37-8)34-25(6)24(5)21-29(33)30(10-2)35-26(7)27-14-12-11-13-15-27/h10-17,21-22,26,34-35H,2-3,6,9,18-20H2,1,4-5,7-8H3/b24-21-,30-29-/t26-/m0/s1. The summed E-state index contributed by atoms with van der Waals surface area (Å²) in [6.45, 7) is 22.4. The number of rotatable bonds is 15. The predicted octanol–water partition coefficient (Wildman–Crippen LogP) is 8.74. The van der Waals surface area contributed by atoms with E-state index in [1.54, 1.807) is 13.2 Å². The van der Waals surface area contributed by atoms with Crippen LogP contribution in [0.1, 0.15) is 52.1 Å². The molecule has 5 heteroatoms. The number of benzene rings is 2. The zero-order valence-electron chi connectivity index (χ0n) is 23.0. The van der Waals surface area contributed by atoms with Crippen molar-refractivity contribution in [2.24, 2.45) is 0 Å². The van der Waals surface area contributed by atoms with Crippen LogP contribution in [0.2, 0.25) is 0 Å². The van der Waals surface area contributed by atoms with Crippen molar-refractivity contribution in [3.8, 4) is 5.75 Å². The Morgan fingerprint density at radius 3 is 2.41 bits per heavy atom. The van der Waals surface area contributed by atoms with Crippen LogP contribution in [0, 0.1) is 0 Å². The summed E-state index contributed by atoms with van der Waals surface area (Å²) in [6, 6.07) is 16.5. The fourth-order valence-electron chi connectivity index (χ4n) is 3.85. The van der Waals surface area contributed by atoms with Gasteiger partial charge in [0.15, 0.2) is 0 Å². The first-order chi connectivity index (χ1) is 17.7. The summed E-state index contributed by atoms with van der Waals surface area (Å²) >= 11 is 6.68. The molecular weight excluding hydrogens is 478 g/mol. The van der Waals surface area contributed by atoms with Crippen molar-refractivity contribution in [1.82, 2.24) is 5.32 Å². The molecule has 1 atom stereocenters. The van der Waals surface area contributed by atoms with E-state index < -0.39 is 0 Å². The lowest BCUT2D eigenvalue weighted by molar-refractivity contribution is 0.416. The Morgan fingerprint density at radius 2 is 1.81 bits per heavy atom. The molecule has 2 N–H and O–H groups in total. The smallest absolute Gasteiger partial charge is 0.144 e. The normalized spacial score (nSPS) is 12.8. The van der Waals surface area contributed by atoms with Crippen molar-refractivity contribution in [1.29, 1.82) is 0 Å². The third kappa shape index (κ3) is 9.22. The van der Waals surface area contributed by atoms with Crippen molar-refractivity contribution in [2.45, 2.75) is 46.6 Å². The van der Waals surface area contributed by atoms with Crippen LogP contribution in [0.5, 0.6) is 5.75 Å². The van der Waals surface area contributed by atoms with Gasteiger partial charge < -0.3 is 20.3 Å². The second-order valence-electron chi connectivity index (χ2n) is 9.25. The Morgan fingerprint density at radius 1 is 1.11 bits per heavy atom. The van der Waals surface area contributed by atoms with E-state index >= 15 is 0 Å². The molecule has 0 fully saturated rings. The van der Waals surface area contributed by atoms with Crippen LogP contribution >= 0.6 is 11.6 Å². The van der Waals surface area contributed by atoms with Crippen molar-refractivity contribution in [2.75, 3.05) is 30.4 Å². The summed E-state index contributed by atoms with van der Waals surface area (Å²) in [7, 11) is 1.68. The van der Waals surface area contributed by atoms with Crippen LogP contribution in [-0.2, 0) is 0 Å². The Balaban J connectivity index is 2.19. The molecular formula is C32H42ClN3O. The van der Waals surface area contributed by atoms with E-state index in [0.29, 0.717) is 5.03 Å². The van der Waals surface area contributed by atoms with E-state index in [9.17, 15) is 0 Å². The number of ether oxygens (including phenoxy) is 1. The Kier molecular flexibility index (Phi) is 12.1. The molecule has 0 unspecified atom stereocenters. The van der Waals surface area contributed by atoms with E-state index in [4.69, 9.17) is 16.3 Å². The summed E-state index contributed by atoms with van der Waals surface area (Å²) in [5.41, 5.74) is 6.73. The molecule has 37 heavy (non-hydrogen) atoms. The fourth-order valence-corrected chi connectivity index (χ4v) is 4.14. The molecule has 0 saturated heterocycles. The molecule has 0 amide bonds. The van der Waals surface area contributed by atoms with Gasteiger partial charge in [-0.25, -0.2) is 0 Å². The lowest BCUT2D eigenvalue weighted by atomic mass is 10.1. The maximum Gasteiger partial charge on any atom is 0.144 e. The predicted molar refractivity (Wildman–Crippen MR) is 163 cm³/mol. The van der Waals surface area contributed by atoms with Crippen LogP contribution in [0.25, 0.3) is 0 Å². The number of anilines is 2. The van der Waals surface area contributed by atoms with Crippen molar-refractivity contribution >= 4 is 23.0 Å². The van der Waals surface area contributed by atoms with Crippen LogP contribution in [-0.4, -0.2) is 20.2 Å². The van der Waals surface area contributed by atoms with Gasteiger partial charge in [0.05, 0.1) is 23.5 Å². The fraction of sp³-hybridized carbons (Fsp3) is 0.312. The van der Waals surface area contributed by atoms with Crippen molar-refractivity contribution in [3.63, 3.8) is 0 Å². The van der Waals surface area contributed by atoms with Gasteiger partial charge in [-0.2, -0.15) is 0 Å². The Labute approximate surface area is 229 Å². The van der Waals surface area contributed by atoms with Gasteiger partial charge >= 0.3 is 0 Å². The van der Waals surface area contributed by atoms with E-state index in [2.05, 4.69) is 80.3 Å². The van der Waals surface area contributed by atoms with Crippen LogP contribution < -0.4 is 20.3 Å². The van der Waals surface area contributed by atoms with Crippen molar-refractivity contribution < 1.29 is 4.74 Å². The van der Waals surface area contributed by atoms with Gasteiger partial charge in [0, 0.05) is 36.6 Å². The molecule has 0 radical (unpaired) electrons. The second-order valence-corrected chi connectivity index (χ2v) is 9.66. The van der Waals surface area contributed by atoms with Gasteiger partial charge in [0.1, 0.15) is 5.75 Å². The molecule has 2 aromatic rings. The highest BCUT2D eigenvalue weighted by Crippen LogP contribution is 2.32. The molecule has 0 bridgehead atoms. The summed E-state index contributed by atoms with van der Waals surface area (Å²) in [4.78, 5) is 2.37. The van der Waals surface area contributed by atoms with Crippen LogP contribution in [0.3, 0.4) is 0 Å². The molecule has 0 aliphatic heterocycles. The van der Waals surface area contributed by atoms with Crippen LogP contribution in [0.4, 0.5) is 11.4 Å². The van der Waals surface area contributed by atoms with Crippen LogP contribution in [0.15, 0.2) is 108 Å². The summed E-state index contributed by atoms with van der Waals surface area (Å²) in [6.07, 6.45) is 5.65. The topological polar surface area (TPSA) is 36.5 Å². The molecule has 0 aromatic heterocycles. The van der Waals surface area contributed by atoms with Gasteiger partial charge in [0.2, 0.25) is 0 Å². The van der Waals surface area contributed by atoms with E-state index in [1.807, 2.05) is 37.3 Å². The highest BCUT2D eigenvalue weighted by molar-refractivity contribution is 6.31. The minimum atomic E-state index is 0.0865. The van der Waals surface area contributed by atoms with E-state index in [0.717, 1.165) is 60.0 Å². The number of methoxy groups -OCH3 is 1. The monoisotopic (exact) mass is 519 g/mol. The van der Waals surface area contributed by atoms with Gasteiger partial charge in [-0.1, -0.05) is 67.6 Å². The third-order valence-corrected chi connectivity index (χ3v) is 6.40. The molecule has 0 aliphatic carbocycles. The molecule has 198 valence electrons. The van der Waals surface area contributed by atoms with Crippen molar-refractivity contribution in [3.05, 3.63) is 114 Å². The summed E-state index contributed by atoms with van der Waals surface area (Å²) in [5.74, 6) is 0.759. The Bertz CT molecular complexity index is 1130. The number of allylic oxidation sites excluding steroid dienone is 4. The number of nitrogens with zero attached hydrogens (tertiary/aromatic N) is 1. The lowest BCUT2D eigenvalue weighted by Crippen LogP contribution is -2.25. The van der Waals surface area contributed by atoms with Gasteiger partial charge in [-0.3, -0.25) is 0 Å². The average Bonchev–Trinajstić information content (AvgIpc) is 2.89. The summed E-state index contributed by atoms with van der Waals surface area (Å²) < 4.78 is 5.72. The number of hydrogen-bond acceptors (Lipinski definition) is 4. The molecule has 4 nitrogen and oxygen atoms in total. The first kappa shape index (κ1) is 29.9. The summed E-state index contributed by atoms with van der Waals surface area (Å²) in [5, 5.41) is 7.40. The quantitative estimate of drug-likeness (QED) is 0.182. The average molecular weight is 520 g/mol. The number of halogens is 1. The largest absolute Gasteiger partial charge is 0.494 e. The zero-order chi connectivity index (χ0) is 27.4. The first-order valence-electron chi connectivity index (χ1n) is 12.8. The minimum Gasteiger partial charge on any atom is -0.494 e. The molecule has 0 spiro atoms. The van der Waals surface area contributed by atoms with E-state index in [1.165, 1.54) is 11.1 Å². The maximum absolute atomic E-state index is 6.68.